The normalized spacial score (nSPS) is 11.2. The molecule has 0 radical (unpaired) electrons. The number of ether oxygens (including phenoxy) is 1. The molecule has 0 unspecified atom stereocenters. The molecule has 0 aliphatic rings. The minimum Gasteiger partial charge on any atom is -0.462 e. The number of hydrogen-bond donors (Lipinski definition) is 1. The van der Waals surface area contributed by atoms with Crippen molar-refractivity contribution in [3.05, 3.63) is 71.1 Å². The van der Waals surface area contributed by atoms with E-state index in [4.69, 9.17) is 4.74 Å². The summed E-state index contributed by atoms with van der Waals surface area (Å²) in [5, 5.41) is 2.46. The lowest BCUT2D eigenvalue weighted by Crippen LogP contribution is -2.19. The van der Waals surface area contributed by atoms with E-state index in [1.807, 2.05) is 0 Å². The van der Waals surface area contributed by atoms with Crippen molar-refractivity contribution in [1.29, 1.82) is 0 Å². The summed E-state index contributed by atoms with van der Waals surface area (Å²) in [5.41, 5.74) is -1.53. The lowest BCUT2D eigenvalue weighted by Gasteiger charge is -2.09. The van der Waals surface area contributed by atoms with Crippen LogP contribution < -0.4 is 5.32 Å². The van der Waals surface area contributed by atoms with E-state index in [1.54, 1.807) is 0 Å². The fourth-order valence-electron chi connectivity index (χ4n) is 1.87. The number of carbonyl (C=O) groups is 2. The Morgan fingerprint density at radius 2 is 1.81 bits per heavy atom. The highest BCUT2D eigenvalue weighted by atomic mass is 19.2. The zero-order valence-electron chi connectivity index (χ0n) is 13.4. The molecule has 5 nitrogen and oxygen atoms in total. The zero-order chi connectivity index (χ0) is 19.3. The number of hydrogen-bond acceptors (Lipinski definition) is 5. The third kappa shape index (κ3) is 4.44. The van der Waals surface area contributed by atoms with E-state index in [1.165, 1.54) is 13.0 Å². The van der Waals surface area contributed by atoms with Gasteiger partial charge in [0.1, 0.15) is 23.0 Å². The Morgan fingerprint density at radius 3 is 2.42 bits per heavy atom. The Labute approximate surface area is 145 Å². The number of anilines is 1. The minimum atomic E-state index is -1.48. The Bertz CT molecular complexity index is 867. The molecule has 136 valence electrons. The molecule has 0 bridgehead atoms. The Morgan fingerprint density at radius 1 is 1.12 bits per heavy atom. The number of aromatic nitrogens is 1. The van der Waals surface area contributed by atoms with Gasteiger partial charge in [-0.3, -0.25) is 4.79 Å². The summed E-state index contributed by atoms with van der Waals surface area (Å²) in [6, 6.07) is 2.83. The third-order valence-electron chi connectivity index (χ3n) is 3.09. The van der Waals surface area contributed by atoms with Gasteiger partial charge in [-0.2, -0.15) is 0 Å². The van der Waals surface area contributed by atoms with Gasteiger partial charge in [-0.05, 0) is 25.1 Å². The summed E-state index contributed by atoms with van der Waals surface area (Å²) in [6.07, 6.45) is 1.75. The van der Waals surface area contributed by atoms with E-state index < -0.39 is 46.2 Å². The van der Waals surface area contributed by atoms with Gasteiger partial charge in [0.05, 0.1) is 18.4 Å². The van der Waals surface area contributed by atoms with Gasteiger partial charge in [-0.25, -0.2) is 27.3 Å². The van der Waals surface area contributed by atoms with E-state index in [2.05, 4.69) is 10.3 Å². The first-order valence-corrected chi connectivity index (χ1v) is 7.28. The van der Waals surface area contributed by atoms with Gasteiger partial charge in [-0.1, -0.05) is 0 Å². The monoisotopic (exact) mass is 368 g/mol. The molecule has 0 aliphatic heterocycles. The summed E-state index contributed by atoms with van der Waals surface area (Å²) in [7, 11) is 0. The van der Waals surface area contributed by atoms with Gasteiger partial charge in [0.2, 0.25) is 5.78 Å². The maximum absolute atomic E-state index is 13.8. The zero-order valence-corrected chi connectivity index (χ0v) is 13.4. The molecule has 26 heavy (non-hydrogen) atoms. The molecule has 0 fully saturated rings. The van der Waals surface area contributed by atoms with Crippen LogP contribution in [0.1, 0.15) is 17.3 Å². The van der Waals surface area contributed by atoms with Crippen molar-refractivity contribution in [1.82, 2.24) is 4.98 Å². The second kappa shape index (κ2) is 8.24. The summed E-state index contributed by atoms with van der Waals surface area (Å²) in [4.78, 5) is 28.0. The number of rotatable bonds is 6. The molecule has 1 aromatic heterocycles. The minimum absolute atomic E-state index is 0.0757. The van der Waals surface area contributed by atoms with Crippen molar-refractivity contribution in [2.75, 3.05) is 11.9 Å². The maximum atomic E-state index is 13.8. The summed E-state index contributed by atoms with van der Waals surface area (Å²) < 4.78 is 57.7. The number of nitrogens with one attached hydrogen (secondary N) is 1. The second-order valence-corrected chi connectivity index (χ2v) is 4.86. The number of carbonyl (C=O) groups excluding carboxylic acids is 2. The van der Waals surface area contributed by atoms with Gasteiger partial charge in [0.25, 0.3) is 0 Å². The number of esters is 1. The Balaban J connectivity index is 2.39. The molecular weight excluding hydrogens is 356 g/mol. The van der Waals surface area contributed by atoms with Gasteiger partial charge in [0, 0.05) is 12.3 Å². The van der Waals surface area contributed by atoms with Crippen LogP contribution in [0.25, 0.3) is 0 Å². The van der Waals surface area contributed by atoms with Gasteiger partial charge in [0.15, 0.2) is 11.6 Å². The molecule has 1 heterocycles. The van der Waals surface area contributed by atoms with Gasteiger partial charge >= 0.3 is 5.97 Å². The topological polar surface area (TPSA) is 68.3 Å². The molecule has 0 amide bonds. The van der Waals surface area contributed by atoms with E-state index in [9.17, 15) is 27.2 Å². The van der Waals surface area contributed by atoms with E-state index in [0.29, 0.717) is 6.07 Å². The lowest BCUT2D eigenvalue weighted by molar-refractivity contribution is -0.138. The van der Waals surface area contributed by atoms with Gasteiger partial charge < -0.3 is 10.1 Å². The Kier molecular flexibility index (Phi) is 6.05. The van der Waals surface area contributed by atoms with E-state index in [0.717, 1.165) is 18.5 Å². The molecule has 1 aromatic carbocycles. The van der Waals surface area contributed by atoms with Crippen molar-refractivity contribution >= 4 is 17.6 Å². The molecule has 0 saturated heterocycles. The number of Topliss-reactive ketones (excluding diaryl/α,β-unsaturated/α-hetero) is 1. The molecule has 2 rings (SSSR count). The number of halogens is 4. The largest absolute Gasteiger partial charge is 0.462 e. The number of pyridine rings is 1. The third-order valence-corrected chi connectivity index (χ3v) is 3.09. The van der Waals surface area contributed by atoms with Crippen LogP contribution in [-0.2, 0) is 9.53 Å². The predicted octanol–water partition coefficient (Wildman–Crippen LogP) is 3.38. The van der Waals surface area contributed by atoms with E-state index in [-0.39, 0.29) is 18.5 Å². The van der Waals surface area contributed by atoms with Crippen LogP contribution >= 0.6 is 0 Å². The second-order valence-electron chi connectivity index (χ2n) is 4.86. The van der Waals surface area contributed by atoms with Crippen LogP contribution in [0.2, 0.25) is 0 Å². The highest BCUT2D eigenvalue weighted by Gasteiger charge is 2.25. The molecule has 1 N–H and O–H groups in total. The van der Waals surface area contributed by atoms with Crippen LogP contribution in [0.15, 0.2) is 42.2 Å². The van der Waals surface area contributed by atoms with Crippen molar-refractivity contribution < 1.29 is 31.9 Å². The fourth-order valence-corrected chi connectivity index (χ4v) is 1.87. The molecule has 0 atom stereocenters. The molecule has 2 aromatic rings. The first-order valence-electron chi connectivity index (χ1n) is 7.28. The number of benzene rings is 1. The predicted molar refractivity (Wildman–Crippen MR) is 83.2 cm³/mol. The maximum Gasteiger partial charge on any atom is 0.343 e. The van der Waals surface area contributed by atoms with Crippen LogP contribution in [0.4, 0.5) is 23.4 Å². The van der Waals surface area contributed by atoms with Crippen molar-refractivity contribution in [3.63, 3.8) is 0 Å². The van der Waals surface area contributed by atoms with E-state index >= 15 is 0 Å². The number of ketones is 1. The molecule has 9 heteroatoms. The molecule has 0 aliphatic carbocycles. The lowest BCUT2D eigenvalue weighted by atomic mass is 10.0. The average Bonchev–Trinajstić information content (AvgIpc) is 2.60. The van der Waals surface area contributed by atoms with Crippen LogP contribution in [0, 0.1) is 23.3 Å². The van der Waals surface area contributed by atoms with Crippen molar-refractivity contribution in [2.24, 2.45) is 0 Å². The summed E-state index contributed by atoms with van der Waals surface area (Å²) in [6.45, 7) is 1.39. The summed E-state index contributed by atoms with van der Waals surface area (Å²) in [5.74, 6) is -7.15. The SMILES string of the molecule is CCOC(=O)/C(=C/Nc1ccc(F)cn1)C(=O)c1cc(F)c(F)cc1F. The highest BCUT2D eigenvalue weighted by Crippen LogP contribution is 2.18. The average molecular weight is 368 g/mol. The first-order chi connectivity index (χ1) is 12.3. The fraction of sp³-hybridized carbons (Fsp3) is 0.118. The van der Waals surface area contributed by atoms with Crippen LogP contribution in [0.5, 0.6) is 0 Å². The number of nitrogens with zero attached hydrogens (tertiary/aromatic N) is 1. The summed E-state index contributed by atoms with van der Waals surface area (Å²) >= 11 is 0. The smallest absolute Gasteiger partial charge is 0.343 e. The Hall–Kier alpha value is -3.23. The molecule has 0 saturated carbocycles. The molecular formula is C17H12F4N2O3. The molecule has 0 spiro atoms. The van der Waals surface area contributed by atoms with Crippen LogP contribution in [0.3, 0.4) is 0 Å². The van der Waals surface area contributed by atoms with Gasteiger partial charge in [-0.15, -0.1) is 0 Å². The van der Waals surface area contributed by atoms with Crippen molar-refractivity contribution in [3.8, 4) is 0 Å². The van der Waals surface area contributed by atoms with Crippen LogP contribution in [-0.4, -0.2) is 23.3 Å². The van der Waals surface area contributed by atoms with Crippen molar-refractivity contribution in [2.45, 2.75) is 6.92 Å². The standard InChI is InChI=1S/C17H12F4N2O3/c1-2-26-17(25)11(8-23-15-4-3-9(18)7-22-15)16(24)10-5-13(20)14(21)6-12(10)19/h3-8H,2H2,1H3,(H,22,23)/b11-8+. The first kappa shape index (κ1) is 19.1. The quantitative estimate of drug-likeness (QED) is 0.161. The highest BCUT2D eigenvalue weighted by molar-refractivity contribution is 6.24.